The van der Waals surface area contributed by atoms with Gasteiger partial charge in [0.25, 0.3) is 11.8 Å². The Balaban J connectivity index is 1.44. The Morgan fingerprint density at radius 1 is 0.875 bits per heavy atom. The quantitative estimate of drug-likeness (QED) is 0.453. The highest BCUT2D eigenvalue weighted by atomic mass is 35.5. The molecule has 0 aromatic heterocycles. The molecule has 0 aliphatic rings. The Hall–Kier alpha value is -3.51. The first-order valence-electron chi connectivity index (χ1n) is 10.2. The van der Waals surface area contributed by atoms with Crippen LogP contribution in [-0.2, 0) is 11.3 Å². The molecule has 7 heteroatoms. The van der Waals surface area contributed by atoms with Gasteiger partial charge in [-0.2, -0.15) is 0 Å². The van der Waals surface area contributed by atoms with Crippen molar-refractivity contribution in [3.05, 3.63) is 94.5 Å². The van der Waals surface area contributed by atoms with Crippen LogP contribution in [0, 0.1) is 6.92 Å². The van der Waals surface area contributed by atoms with Crippen LogP contribution in [0.15, 0.2) is 72.8 Å². The minimum atomic E-state index is -0.305. The molecule has 166 valence electrons. The normalized spacial score (nSPS) is 10.3. The molecule has 0 bridgehead atoms. The number of benzene rings is 3. The number of hydrogen-bond donors (Lipinski definition) is 2. The Morgan fingerprint density at radius 2 is 1.59 bits per heavy atom. The molecule has 0 spiro atoms. The predicted molar refractivity (Wildman–Crippen MR) is 124 cm³/mol. The lowest BCUT2D eigenvalue weighted by atomic mass is 10.1. The molecule has 3 aromatic carbocycles. The third kappa shape index (κ3) is 7.32. The van der Waals surface area contributed by atoms with Gasteiger partial charge < -0.3 is 20.1 Å². The zero-order valence-electron chi connectivity index (χ0n) is 17.8. The van der Waals surface area contributed by atoms with Crippen LogP contribution in [0.5, 0.6) is 11.5 Å². The van der Waals surface area contributed by atoms with Crippen LogP contribution in [0.2, 0.25) is 5.02 Å². The van der Waals surface area contributed by atoms with Crippen LogP contribution in [0.1, 0.15) is 21.5 Å². The first-order chi connectivity index (χ1) is 15.5. The summed E-state index contributed by atoms with van der Waals surface area (Å²) in [5.41, 5.74) is 2.52. The number of halogens is 1. The summed E-state index contributed by atoms with van der Waals surface area (Å²) in [6, 6.07) is 21.7. The topological polar surface area (TPSA) is 76.7 Å². The fourth-order valence-electron chi connectivity index (χ4n) is 2.84. The second kappa shape index (κ2) is 11.8. The molecule has 0 aliphatic heterocycles. The number of carbonyl (C=O) groups is 2. The Bertz CT molecular complexity index is 1040. The molecule has 0 radical (unpaired) electrons. The maximum Gasteiger partial charge on any atom is 0.258 e. The van der Waals surface area contributed by atoms with E-state index in [1.165, 1.54) is 0 Å². The van der Waals surface area contributed by atoms with Gasteiger partial charge in [0, 0.05) is 11.6 Å². The Morgan fingerprint density at radius 3 is 2.34 bits per heavy atom. The van der Waals surface area contributed by atoms with Gasteiger partial charge in [-0.1, -0.05) is 53.6 Å². The fourth-order valence-corrected chi connectivity index (χ4v) is 2.97. The molecule has 0 saturated heterocycles. The second-order valence-electron chi connectivity index (χ2n) is 7.11. The monoisotopic (exact) mass is 452 g/mol. The molecule has 32 heavy (non-hydrogen) atoms. The second-order valence-corrected chi connectivity index (χ2v) is 7.54. The van der Waals surface area contributed by atoms with Crippen molar-refractivity contribution >= 4 is 23.4 Å². The van der Waals surface area contributed by atoms with Gasteiger partial charge in [0.1, 0.15) is 18.1 Å². The molecule has 0 heterocycles. The number of hydrogen-bond acceptors (Lipinski definition) is 4. The van der Waals surface area contributed by atoms with Gasteiger partial charge in [-0.3, -0.25) is 9.59 Å². The summed E-state index contributed by atoms with van der Waals surface area (Å²) in [4.78, 5) is 24.7. The van der Waals surface area contributed by atoms with Gasteiger partial charge in [0.15, 0.2) is 6.61 Å². The van der Waals surface area contributed by atoms with Crippen LogP contribution in [0.4, 0.5) is 0 Å². The van der Waals surface area contributed by atoms with Crippen molar-refractivity contribution in [1.82, 2.24) is 10.6 Å². The summed E-state index contributed by atoms with van der Waals surface area (Å²) in [6.45, 7) is 2.86. The van der Waals surface area contributed by atoms with Crippen molar-refractivity contribution in [1.29, 1.82) is 0 Å². The standard InChI is InChI=1S/C25H25ClN2O4/c1-18-6-8-19(9-7-18)16-28-24(29)17-32-23-5-3-2-4-22(23)25(30)27-14-15-31-21-12-10-20(26)11-13-21/h2-13H,14-17H2,1H3,(H,27,30)(H,28,29). The smallest absolute Gasteiger partial charge is 0.258 e. The van der Waals surface area contributed by atoms with E-state index in [4.69, 9.17) is 21.1 Å². The summed E-state index contributed by atoms with van der Waals surface area (Å²) in [5, 5.41) is 6.23. The van der Waals surface area contributed by atoms with Crippen molar-refractivity contribution < 1.29 is 19.1 Å². The van der Waals surface area contributed by atoms with Crippen LogP contribution in [-0.4, -0.2) is 31.6 Å². The zero-order valence-corrected chi connectivity index (χ0v) is 18.5. The van der Waals surface area contributed by atoms with Crippen LogP contribution in [0.3, 0.4) is 0 Å². The molecular formula is C25H25ClN2O4. The summed E-state index contributed by atoms with van der Waals surface area (Å²) < 4.78 is 11.2. The highest BCUT2D eigenvalue weighted by molar-refractivity contribution is 6.30. The van der Waals surface area contributed by atoms with E-state index >= 15 is 0 Å². The van der Waals surface area contributed by atoms with Gasteiger partial charge in [0.2, 0.25) is 0 Å². The number of aryl methyl sites for hydroxylation is 1. The van der Waals surface area contributed by atoms with Crippen LogP contribution >= 0.6 is 11.6 Å². The first-order valence-corrected chi connectivity index (χ1v) is 10.6. The van der Waals surface area contributed by atoms with Crippen molar-refractivity contribution in [2.75, 3.05) is 19.8 Å². The van der Waals surface area contributed by atoms with Crippen LogP contribution < -0.4 is 20.1 Å². The minimum Gasteiger partial charge on any atom is -0.492 e. The molecule has 3 rings (SSSR count). The number of amides is 2. The van der Waals surface area contributed by atoms with E-state index in [1.807, 2.05) is 31.2 Å². The zero-order chi connectivity index (χ0) is 22.8. The lowest BCUT2D eigenvalue weighted by molar-refractivity contribution is -0.123. The van der Waals surface area contributed by atoms with Gasteiger partial charge >= 0.3 is 0 Å². The van der Waals surface area contributed by atoms with Crippen LogP contribution in [0.25, 0.3) is 0 Å². The molecule has 2 N–H and O–H groups in total. The van der Waals surface area contributed by atoms with E-state index in [0.717, 1.165) is 11.1 Å². The van der Waals surface area contributed by atoms with Crippen molar-refractivity contribution in [3.8, 4) is 11.5 Å². The summed E-state index contributed by atoms with van der Waals surface area (Å²) in [7, 11) is 0. The molecule has 0 fully saturated rings. The van der Waals surface area contributed by atoms with Crippen molar-refractivity contribution in [2.24, 2.45) is 0 Å². The third-order valence-electron chi connectivity index (χ3n) is 4.57. The largest absolute Gasteiger partial charge is 0.492 e. The minimum absolute atomic E-state index is 0.185. The molecule has 0 unspecified atom stereocenters. The van der Waals surface area contributed by atoms with Gasteiger partial charge in [-0.05, 0) is 48.9 Å². The van der Waals surface area contributed by atoms with E-state index in [0.29, 0.717) is 41.8 Å². The maximum absolute atomic E-state index is 12.5. The highest BCUT2D eigenvalue weighted by Crippen LogP contribution is 2.18. The van der Waals surface area contributed by atoms with E-state index in [2.05, 4.69) is 10.6 Å². The van der Waals surface area contributed by atoms with Crippen molar-refractivity contribution in [3.63, 3.8) is 0 Å². The Kier molecular flexibility index (Phi) is 8.52. The molecule has 3 aromatic rings. The lowest BCUT2D eigenvalue weighted by Crippen LogP contribution is -2.30. The summed E-state index contributed by atoms with van der Waals surface area (Å²) in [5.74, 6) is 0.440. The number of para-hydroxylation sites is 1. The predicted octanol–water partition coefficient (Wildman–Crippen LogP) is 4.15. The van der Waals surface area contributed by atoms with E-state index < -0.39 is 0 Å². The average molecular weight is 453 g/mol. The van der Waals surface area contributed by atoms with E-state index in [9.17, 15) is 9.59 Å². The number of rotatable bonds is 10. The highest BCUT2D eigenvalue weighted by Gasteiger charge is 2.13. The fraction of sp³-hybridized carbons (Fsp3) is 0.200. The average Bonchev–Trinajstić information content (AvgIpc) is 2.81. The molecule has 6 nitrogen and oxygen atoms in total. The number of carbonyl (C=O) groups excluding carboxylic acids is 2. The molecule has 2 amide bonds. The van der Waals surface area contributed by atoms with Gasteiger partial charge in [-0.25, -0.2) is 0 Å². The molecule has 0 saturated carbocycles. The molecule has 0 aliphatic carbocycles. The number of nitrogens with one attached hydrogen (secondary N) is 2. The van der Waals surface area contributed by atoms with Gasteiger partial charge in [-0.15, -0.1) is 0 Å². The number of ether oxygens (including phenoxy) is 2. The lowest BCUT2D eigenvalue weighted by Gasteiger charge is -2.12. The molecule has 0 atom stereocenters. The maximum atomic E-state index is 12.5. The van der Waals surface area contributed by atoms with E-state index in [1.54, 1.807) is 48.5 Å². The van der Waals surface area contributed by atoms with Gasteiger partial charge in [0.05, 0.1) is 12.1 Å². The third-order valence-corrected chi connectivity index (χ3v) is 4.82. The Labute approximate surface area is 192 Å². The molecular weight excluding hydrogens is 428 g/mol. The SMILES string of the molecule is Cc1ccc(CNC(=O)COc2ccccc2C(=O)NCCOc2ccc(Cl)cc2)cc1. The summed E-state index contributed by atoms with van der Waals surface area (Å²) in [6.07, 6.45) is 0. The first kappa shape index (κ1) is 23.2. The summed E-state index contributed by atoms with van der Waals surface area (Å²) >= 11 is 5.84. The van der Waals surface area contributed by atoms with Crippen molar-refractivity contribution in [2.45, 2.75) is 13.5 Å². The van der Waals surface area contributed by atoms with E-state index in [-0.39, 0.29) is 18.4 Å².